The van der Waals surface area contributed by atoms with Crippen LogP contribution >= 0.6 is 0 Å². The second kappa shape index (κ2) is 6.81. The van der Waals surface area contributed by atoms with Gasteiger partial charge in [0.15, 0.2) is 0 Å². The maximum absolute atomic E-state index is 11.5. The summed E-state index contributed by atoms with van der Waals surface area (Å²) in [5, 5.41) is 11.3. The number of nitrogens with one attached hydrogen (secondary N) is 1. The lowest BCUT2D eigenvalue weighted by Crippen LogP contribution is -2.46. The molecule has 0 aromatic carbocycles. The molecule has 0 spiro atoms. The van der Waals surface area contributed by atoms with E-state index >= 15 is 0 Å². The van der Waals surface area contributed by atoms with Crippen molar-refractivity contribution in [1.82, 2.24) is 10.2 Å². The van der Waals surface area contributed by atoms with Gasteiger partial charge in [0.25, 0.3) is 0 Å². The SMILES string of the molecule is CCC(=O)N(CCNC(C)=O)C(C)C(=O)O. The van der Waals surface area contributed by atoms with E-state index in [4.69, 9.17) is 5.11 Å². The predicted octanol–water partition coefficient (Wildman–Crippen LogP) is -0.166. The average molecular weight is 230 g/mol. The monoisotopic (exact) mass is 230 g/mol. The number of carbonyl (C=O) groups excluding carboxylic acids is 2. The molecule has 6 nitrogen and oxygen atoms in total. The van der Waals surface area contributed by atoms with Crippen molar-refractivity contribution in [3.8, 4) is 0 Å². The van der Waals surface area contributed by atoms with E-state index in [0.717, 1.165) is 0 Å². The molecule has 1 unspecified atom stereocenters. The number of amides is 2. The maximum Gasteiger partial charge on any atom is 0.326 e. The Hall–Kier alpha value is -1.59. The van der Waals surface area contributed by atoms with Crippen molar-refractivity contribution in [3.63, 3.8) is 0 Å². The largest absolute Gasteiger partial charge is 0.480 e. The van der Waals surface area contributed by atoms with E-state index in [2.05, 4.69) is 5.32 Å². The van der Waals surface area contributed by atoms with Crippen molar-refractivity contribution in [2.75, 3.05) is 13.1 Å². The summed E-state index contributed by atoms with van der Waals surface area (Å²) in [6.07, 6.45) is 0.248. The summed E-state index contributed by atoms with van der Waals surface area (Å²) in [6, 6.07) is -0.874. The highest BCUT2D eigenvalue weighted by Crippen LogP contribution is 2.02. The van der Waals surface area contributed by atoms with Gasteiger partial charge in [-0.25, -0.2) is 4.79 Å². The Labute approximate surface area is 94.6 Å². The molecule has 0 aliphatic heterocycles. The molecular formula is C10H18N2O4. The van der Waals surface area contributed by atoms with Crippen LogP contribution < -0.4 is 5.32 Å². The third-order valence-electron chi connectivity index (χ3n) is 2.17. The zero-order chi connectivity index (χ0) is 12.7. The molecule has 1 atom stereocenters. The van der Waals surface area contributed by atoms with Crippen LogP contribution in [0.4, 0.5) is 0 Å². The number of aliphatic carboxylic acids is 1. The summed E-state index contributed by atoms with van der Waals surface area (Å²) in [5.74, 6) is -1.49. The van der Waals surface area contributed by atoms with Gasteiger partial charge in [-0.15, -0.1) is 0 Å². The van der Waals surface area contributed by atoms with Gasteiger partial charge in [-0.3, -0.25) is 9.59 Å². The van der Waals surface area contributed by atoms with Crippen LogP contribution in [0, 0.1) is 0 Å². The summed E-state index contributed by atoms with van der Waals surface area (Å²) in [4.78, 5) is 34.1. The number of hydrogen-bond acceptors (Lipinski definition) is 3. The van der Waals surface area contributed by atoms with Crippen LogP contribution in [0.25, 0.3) is 0 Å². The minimum absolute atomic E-state index is 0.202. The van der Waals surface area contributed by atoms with Crippen LogP contribution in [-0.2, 0) is 14.4 Å². The van der Waals surface area contributed by atoms with E-state index in [-0.39, 0.29) is 31.3 Å². The van der Waals surface area contributed by atoms with E-state index in [1.807, 2.05) is 0 Å². The standard InChI is InChI=1S/C10H18N2O4/c1-4-9(14)12(7(2)10(15)16)6-5-11-8(3)13/h7H,4-6H2,1-3H3,(H,11,13)(H,15,16). The fourth-order valence-corrected chi connectivity index (χ4v) is 1.22. The fraction of sp³-hybridized carbons (Fsp3) is 0.700. The Morgan fingerprint density at radius 3 is 2.31 bits per heavy atom. The molecule has 6 heteroatoms. The number of nitrogens with zero attached hydrogens (tertiary/aromatic N) is 1. The van der Waals surface area contributed by atoms with Crippen molar-refractivity contribution in [3.05, 3.63) is 0 Å². The third kappa shape index (κ3) is 4.77. The number of rotatable bonds is 6. The molecule has 0 aromatic heterocycles. The van der Waals surface area contributed by atoms with Crippen molar-refractivity contribution in [2.45, 2.75) is 33.2 Å². The highest BCUT2D eigenvalue weighted by Gasteiger charge is 2.23. The zero-order valence-electron chi connectivity index (χ0n) is 9.82. The van der Waals surface area contributed by atoms with Gasteiger partial charge >= 0.3 is 5.97 Å². The Bertz CT molecular complexity index is 278. The first-order valence-corrected chi connectivity index (χ1v) is 5.16. The van der Waals surface area contributed by atoms with Crippen LogP contribution in [-0.4, -0.2) is 46.9 Å². The Morgan fingerprint density at radius 2 is 1.94 bits per heavy atom. The van der Waals surface area contributed by atoms with E-state index in [9.17, 15) is 14.4 Å². The molecule has 0 saturated heterocycles. The summed E-state index contributed by atoms with van der Waals surface area (Å²) in [6.45, 7) is 4.96. The second-order valence-corrected chi connectivity index (χ2v) is 3.44. The van der Waals surface area contributed by atoms with Crippen molar-refractivity contribution in [1.29, 1.82) is 0 Å². The summed E-state index contributed by atoms with van der Waals surface area (Å²) in [7, 11) is 0. The summed E-state index contributed by atoms with van der Waals surface area (Å²) < 4.78 is 0. The van der Waals surface area contributed by atoms with Gasteiger partial charge in [-0.2, -0.15) is 0 Å². The van der Waals surface area contributed by atoms with E-state index in [1.165, 1.54) is 18.7 Å². The fourth-order valence-electron chi connectivity index (χ4n) is 1.22. The van der Waals surface area contributed by atoms with Crippen molar-refractivity contribution < 1.29 is 19.5 Å². The molecule has 0 saturated carbocycles. The molecular weight excluding hydrogens is 212 g/mol. The molecule has 0 heterocycles. The first kappa shape index (κ1) is 14.4. The first-order valence-electron chi connectivity index (χ1n) is 5.16. The molecule has 92 valence electrons. The highest BCUT2D eigenvalue weighted by molar-refractivity contribution is 5.83. The number of carbonyl (C=O) groups is 3. The van der Waals surface area contributed by atoms with Crippen LogP contribution in [0.15, 0.2) is 0 Å². The van der Waals surface area contributed by atoms with Crippen LogP contribution in [0.2, 0.25) is 0 Å². The van der Waals surface area contributed by atoms with Crippen molar-refractivity contribution in [2.24, 2.45) is 0 Å². The van der Waals surface area contributed by atoms with Gasteiger partial charge < -0.3 is 15.3 Å². The molecule has 0 radical (unpaired) electrons. The van der Waals surface area contributed by atoms with Gasteiger partial charge in [0, 0.05) is 26.4 Å². The smallest absolute Gasteiger partial charge is 0.326 e. The number of carboxylic acids is 1. The van der Waals surface area contributed by atoms with Gasteiger partial charge in [0.05, 0.1) is 0 Å². The van der Waals surface area contributed by atoms with E-state index in [1.54, 1.807) is 6.92 Å². The van der Waals surface area contributed by atoms with Gasteiger partial charge in [-0.05, 0) is 6.92 Å². The Kier molecular flexibility index (Phi) is 6.14. The Balaban J connectivity index is 4.38. The van der Waals surface area contributed by atoms with E-state index in [0.29, 0.717) is 0 Å². The normalized spacial score (nSPS) is 11.7. The average Bonchev–Trinajstić information content (AvgIpc) is 2.22. The number of hydrogen-bond donors (Lipinski definition) is 2. The molecule has 0 fully saturated rings. The molecule has 0 aliphatic carbocycles. The molecule has 0 rings (SSSR count). The van der Waals surface area contributed by atoms with Gasteiger partial charge in [0.1, 0.15) is 6.04 Å². The second-order valence-electron chi connectivity index (χ2n) is 3.44. The Morgan fingerprint density at radius 1 is 1.38 bits per heavy atom. The highest BCUT2D eigenvalue weighted by atomic mass is 16.4. The predicted molar refractivity (Wildman–Crippen MR) is 57.8 cm³/mol. The van der Waals surface area contributed by atoms with Crippen LogP contribution in [0.5, 0.6) is 0 Å². The lowest BCUT2D eigenvalue weighted by Gasteiger charge is -2.26. The molecule has 2 N–H and O–H groups in total. The minimum atomic E-state index is -1.05. The van der Waals surface area contributed by atoms with E-state index < -0.39 is 12.0 Å². The first-order chi connectivity index (χ1) is 7.40. The quantitative estimate of drug-likeness (QED) is 0.663. The molecule has 0 aliphatic rings. The minimum Gasteiger partial charge on any atom is -0.480 e. The maximum atomic E-state index is 11.5. The molecule has 2 amide bonds. The zero-order valence-corrected chi connectivity index (χ0v) is 9.82. The van der Waals surface area contributed by atoms with Gasteiger partial charge in [-0.1, -0.05) is 6.92 Å². The summed E-state index contributed by atoms with van der Waals surface area (Å²) in [5.41, 5.74) is 0. The van der Waals surface area contributed by atoms with Crippen molar-refractivity contribution >= 4 is 17.8 Å². The lowest BCUT2D eigenvalue weighted by atomic mass is 10.2. The van der Waals surface area contributed by atoms with Crippen LogP contribution in [0.1, 0.15) is 27.2 Å². The molecule has 16 heavy (non-hydrogen) atoms. The molecule has 0 aromatic rings. The number of carboxylic acid groups (broad SMARTS) is 1. The summed E-state index contributed by atoms with van der Waals surface area (Å²) >= 11 is 0. The lowest BCUT2D eigenvalue weighted by molar-refractivity contribution is -0.149. The topological polar surface area (TPSA) is 86.7 Å². The molecule has 0 bridgehead atoms. The van der Waals surface area contributed by atoms with Gasteiger partial charge in [0.2, 0.25) is 11.8 Å². The van der Waals surface area contributed by atoms with Crippen LogP contribution in [0.3, 0.4) is 0 Å². The third-order valence-corrected chi connectivity index (χ3v) is 2.17.